The lowest BCUT2D eigenvalue weighted by atomic mass is 9.77. The minimum Gasteiger partial charge on any atom is -0.477 e. The number of carbonyl (C=O) groups is 4. The minimum absolute atomic E-state index is 0.163. The molecule has 2 aliphatic rings. The topological polar surface area (TPSA) is 163 Å². The smallest absolute Gasteiger partial charge is 0.409 e. The van der Waals surface area contributed by atoms with E-state index < -0.39 is 40.8 Å². The molecule has 2 aliphatic heterocycles. The fraction of sp³-hybridized carbons (Fsp3) is 0.222. The van der Waals surface area contributed by atoms with Crippen molar-refractivity contribution in [2.24, 2.45) is 5.16 Å². The van der Waals surface area contributed by atoms with Crippen LogP contribution >= 0.6 is 23.1 Å². The number of anilines is 1. The highest BCUT2D eigenvalue weighted by Crippen LogP contribution is 2.42. The number of aromatic nitrogens is 1. The summed E-state index contributed by atoms with van der Waals surface area (Å²) >= 11 is 2.52. The number of aliphatic carboxylic acids is 1. The lowest BCUT2D eigenvalue weighted by molar-refractivity contribution is -0.150. The molecule has 51 heavy (non-hydrogen) atoms. The fourth-order valence-electron chi connectivity index (χ4n) is 5.96. The molecule has 1 unspecified atom stereocenters. The Morgan fingerprint density at radius 2 is 1.55 bits per heavy atom. The third-order valence-electron chi connectivity index (χ3n) is 8.33. The Labute approximate surface area is 301 Å². The van der Waals surface area contributed by atoms with Gasteiger partial charge in [0.1, 0.15) is 42.1 Å². The summed E-state index contributed by atoms with van der Waals surface area (Å²) in [6.45, 7) is -0.288. The Morgan fingerprint density at radius 3 is 2.06 bits per heavy atom. The summed E-state index contributed by atoms with van der Waals surface area (Å²) in [6, 6.07) is 28.9. The van der Waals surface area contributed by atoms with E-state index in [-0.39, 0.29) is 35.0 Å². The molecular formula is C36H34N6O7S2. The first kappa shape index (κ1) is 35.2. The number of ether oxygens (including phenoxy) is 1. The average Bonchev–Trinajstić information content (AvgIpc) is 3.62. The molecule has 13 nitrogen and oxygen atoms in total. The van der Waals surface area contributed by atoms with Gasteiger partial charge in [-0.25, -0.2) is 14.6 Å². The van der Waals surface area contributed by atoms with Crippen LogP contribution in [0.1, 0.15) is 22.4 Å². The van der Waals surface area contributed by atoms with Crippen molar-refractivity contribution in [3.8, 4) is 0 Å². The van der Waals surface area contributed by atoms with Crippen LogP contribution in [-0.4, -0.2) is 94.5 Å². The van der Waals surface area contributed by atoms with Crippen molar-refractivity contribution in [2.45, 2.75) is 17.0 Å². The van der Waals surface area contributed by atoms with Gasteiger partial charge in [0.05, 0.1) is 0 Å². The number of hydrogen-bond donors (Lipinski definition) is 3. The molecule has 0 spiro atoms. The molecule has 15 heteroatoms. The molecule has 3 amide bonds. The first-order valence-electron chi connectivity index (χ1n) is 15.7. The molecule has 3 aromatic carbocycles. The second-order valence-corrected chi connectivity index (χ2v) is 13.7. The zero-order valence-electron chi connectivity index (χ0n) is 27.8. The Bertz CT molecular complexity index is 1890. The van der Waals surface area contributed by atoms with Gasteiger partial charge in [-0.1, -0.05) is 96.2 Å². The molecule has 1 saturated heterocycles. The fourth-order valence-corrected chi connectivity index (χ4v) is 8.04. The van der Waals surface area contributed by atoms with E-state index in [9.17, 15) is 24.3 Å². The maximum atomic E-state index is 13.7. The predicted octanol–water partition coefficient (Wildman–Crippen LogP) is 4.33. The number of thiazole rings is 1. The van der Waals surface area contributed by atoms with E-state index in [1.807, 2.05) is 91.0 Å². The molecule has 1 fully saturated rings. The summed E-state index contributed by atoms with van der Waals surface area (Å²) in [5, 5.41) is 21.7. The van der Waals surface area contributed by atoms with E-state index >= 15 is 0 Å². The summed E-state index contributed by atoms with van der Waals surface area (Å²) in [7, 11) is 4.31. The van der Waals surface area contributed by atoms with Crippen LogP contribution in [0.2, 0.25) is 0 Å². The van der Waals surface area contributed by atoms with Crippen LogP contribution in [-0.2, 0) is 29.5 Å². The van der Waals surface area contributed by atoms with E-state index in [0.29, 0.717) is 5.13 Å². The predicted molar refractivity (Wildman–Crippen MR) is 193 cm³/mol. The van der Waals surface area contributed by atoms with Crippen molar-refractivity contribution < 1.29 is 33.9 Å². The number of oxime groups is 1. The molecule has 2 atom stereocenters. The van der Waals surface area contributed by atoms with Crippen LogP contribution in [0.25, 0.3) is 0 Å². The van der Waals surface area contributed by atoms with Crippen molar-refractivity contribution in [2.75, 3.05) is 38.9 Å². The zero-order chi connectivity index (χ0) is 36.1. The molecule has 0 aliphatic carbocycles. The Hall–Kier alpha value is -5.67. The van der Waals surface area contributed by atoms with Crippen LogP contribution in [0.4, 0.5) is 9.93 Å². The van der Waals surface area contributed by atoms with E-state index in [1.165, 1.54) is 49.2 Å². The Balaban J connectivity index is 1.25. The molecule has 3 heterocycles. The summed E-state index contributed by atoms with van der Waals surface area (Å²) in [4.78, 5) is 63.2. The quantitative estimate of drug-likeness (QED) is 0.0829. The van der Waals surface area contributed by atoms with E-state index in [2.05, 4.69) is 15.8 Å². The highest BCUT2D eigenvalue weighted by Gasteiger charge is 2.54. The van der Waals surface area contributed by atoms with E-state index in [4.69, 9.17) is 14.6 Å². The highest BCUT2D eigenvalue weighted by molar-refractivity contribution is 8.00. The molecule has 3 N–H and O–H groups in total. The number of carbonyl (C=O) groups excluding carboxylic acids is 3. The second kappa shape index (κ2) is 15.1. The molecule has 6 rings (SSSR count). The van der Waals surface area contributed by atoms with Gasteiger partial charge >= 0.3 is 12.1 Å². The van der Waals surface area contributed by atoms with Gasteiger partial charge in [-0.15, -0.1) is 23.1 Å². The number of amides is 3. The van der Waals surface area contributed by atoms with Crippen LogP contribution in [0.15, 0.2) is 113 Å². The molecule has 0 bridgehead atoms. The van der Waals surface area contributed by atoms with Crippen molar-refractivity contribution in [1.82, 2.24) is 20.1 Å². The van der Waals surface area contributed by atoms with E-state index in [0.717, 1.165) is 21.6 Å². The first-order valence-corrected chi connectivity index (χ1v) is 17.6. The number of rotatable bonds is 12. The lowest BCUT2D eigenvalue weighted by Crippen LogP contribution is -2.71. The molecule has 0 radical (unpaired) electrons. The number of carboxylic acids is 1. The van der Waals surface area contributed by atoms with Gasteiger partial charge < -0.3 is 30.2 Å². The summed E-state index contributed by atoms with van der Waals surface area (Å²) in [6.07, 6.45) is -0.643. The SMILES string of the molecule is CON=C(C(=O)NC1C(=O)N2C(C(=O)O)=C(COC(=O)N(C)C)CS[C@@H]12)c1csc(NC(c2ccccc2)(c2ccccc2)c2ccccc2)n1. The van der Waals surface area contributed by atoms with Crippen LogP contribution in [0, 0.1) is 0 Å². The number of benzene rings is 3. The molecule has 262 valence electrons. The van der Waals surface area contributed by atoms with Gasteiger partial charge in [-0.2, -0.15) is 0 Å². The number of nitrogens with zero attached hydrogens (tertiary/aromatic N) is 4. The van der Waals surface area contributed by atoms with Gasteiger partial charge in [-0.05, 0) is 16.7 Å². The van der Waals surface area contributed by atoms with Crippen LogP contribution < -0.4 is 10.6 Å². The standard InChI is InChI=1S/C36H34N6O7S2/c1-41(2)35(47)49-19-22-20-50-32-28(31(44)42(32)29(22)33(45)46)38-30(43)27(40-48-3)26-21-51-34(37-26)39-36(23-13-7-4-8-14-23,24-15-9-5-10-16-24)25-17-11-6-12-18-25/h4-18,21,28,32H,19-20H2,1-3H3,(H,37,39)(H,38,43)(H,45,46)/t28?,32-/m0/s1. The maximum absolute atomic E-state index is 13.7. The number of β-lactam (4-membered cyclic amide) rings is 1. The zero-order valence-corrected chi connectivity index (χ0v) is 29.4. The Morgan fingerprint density at radius 1 is 0.980 bits per heavy atom. The van der Waals surface area contributed by atoms with Gasteiger partial charge in [0.25, 0.3) is 11.8 Å². The van der Waals surface area contributed by atoms with Crippen molar-refractivity contribution in [3.05, 3.63) is 130 Å². The van der Waals surface area contributed by atoms with Gasteiger partial charge in [0.15, 0.2) is 10.8 Å². The number of fused-ring (bicyclic) bond motifs is 1. The number of hydrogen-bond acceptors (Lipinski definition) is 11. The van der Waals surface area contributed by atoms with Crippen molar-refractivity contribution >= 4 is 57.8 Å². The number of thioether (sulfide) groups is 1. The molecule has 1 aromatic heterocycles. The van der Waals surface area contributed by atoms with Gasteiger partial charge in [0.2, 0.25) is 0 Å². The maximum Gasteiger partial charge on any atom is 0.409 e. The number of carboxylic acid groups (broad SMARTS) is 1. The first-order chi connectivity index (χ1) is 24.6. The second-order valence-electron chi connectivity index (χ2n) is 11.7. The molecular weight excluding hydrogens is 693 g/mol. The third-order valence-corrected chi connectivity index (χ3v) is 10.4. The monoisotopic (exact) mass is 726 g/mol. The van der Waals surface area contributed by atoms with Crippen LogP contribution in [0.5, 0.6) is 0 Å². The minimum atomic E-state index is -1.34. The molecule has 4 aromatic rings. The van der Waals surface area contributed by atoms with Crippen LogP contribution in [0.3, 0.4) is 0 Å². The third kappa shape index (κ3) is 6.90. The normalized spacial score (nSPS) is 17.2. The van der Waals surface area contributed by atoms with Gasteiger partial charge in [0, 0.05) is 30.8 Å². The Kier molecular flexibility index (Phi) is 10.4. The summed E-state index contributed by atoms with van der Waals surface area (Å²) in [5.41, 5.74) is 2.10. The van der Waals surface area contributed by atoms with E-state index in [1.54, 1.807) is 5.38 Å². The summed E-state index contributed by atoms with van der Waals surface area (Å²) < 4.78 is 5.18. The number of nitrogens with one attached hydrogen (secondary N) is 2. The molecule has 0 saturated carbocycles. The highest BCUT2D eigenvalue weighted by atomic mass is 32.2. The average molecular weight is 727 g/mol. The van der Waals surface area contributed by atoms with Crippen molar-refractivity contribution in [1.29, 1.82) is 0 Å². The lowest BCUT2D eigenvalue weighted by Gasteiger charge is -2.49. The van der Waals surface area contributed by atoms with Gasteiger partial charge in [-0.3, -0.25) is 14.5 Å². The van der Waals surface area contributed by atoms with Crippen molar-refractivity contribution in [3.63, 3.8) is 0 Å². The summed E-state index contributed by atoms with van der Waals surface area (Å²) in [5.74, 6) is -2.50. The largest absolute Gasteiger partial charge is 0.477 e.